The van der Waals surface area contributed by atoms with Crippen LogP contribution in [-0.4, -0.2) is 19.0 Å². The van der Waals surface area contributed by atoms with E-state index >= 15 is 0 Å². The molecule has 0 unspecified atom stereocenters. The number of rotatable bonds is 3. The average Bonchev–Trinajstić information content (AvgIpc) is 2.74. The molecular weight excluding hydrogens is 188 g/mol. The number of hydrogen-bond donors (Lipinski definition) is 1. The summed E-state index contributed by atoms with van der Waals surface area (Å²) in [5.74, 6) is 1.97. The topological polar surface area (TPSA) is 33.6 Å². The fourth-order valence-electron chi connectivity index (χ4n) is 1.65. The van der Waals surface area contributed by atoms with Gasteiger partial charge in [0.05, 0.1) is 12.3 Å². The highest BCUT2D eigenvalue weighted by atomic mass is 16.5. The van der Waals surface area contributed by atoms with Crippen LogP contribution < -0.4 is 10.1 Å². The molecule has 0 aliphatic carbocycles. The Morgan fingerprint density at radius 3 is 3.00 bits per heavy atom. The Hall–Kier alpha value is -1.51. The van der Waals surface area contributed by atoms with Crippen molar-refractivity contribution in [3.8, 4) is 5.75 Å². The van der Waals surface area contributed by atoms with E-state index in [9.17, 15) is 0 Å². The van der Waals surface area contributed by atoms with E-state index in [1.807, 2.05) is 31.2 Å². The third kappa shape index (κ3) is 2.49. The Morgan fingerprint density at radius 2 is 2.27 bits per heavy atom. The van der Waals surface area contributed by atoms with Crippen molar-refractivity contribution >= 4 is 11.5 Å². The molecule has 0 bridgehead atoms. The molecule has 0 radical (unpaired) electrons. The second-order valence-corrected chi connectivity index (χ2v) is 3.49. The number of amidine groups is 1. The number of ether oxygens (including phenoxy) is 1. The van der Waals surface area contributed by atoms with Crippen molar-refractivity contribution in [3.05, 3.63) is 24.3 Å². The third-order valence-electron chi connectivity index (χ3n) is 2.34. The predicted molar refractivity (Wildman–Crippen MR) is 62.8 cm³/mol. The smallest absolute Gasteiger partial charge is 0.142 e. The van der Waals surface area contributed by atoms with Crippen molar-refractivity contribution < 1.29 is 4.74 Å². The lowest BCUT2D eigenvalue weighted by molar-refractivity contribution is 0.342. The maximum atomic E-state index is 5.53. The van der Waals surface area contributed by atoms with E-state index in [4.69, 9.17) is 4.74 Å². The average molecular weight is 204 g/mol. The van der Waals surface area contributed by atoms with Gasteiger partial charge in [-0.05, 0) is 25.5 Å². The summed E-state index contributed by atoms with van der Waals surface area (Å²) in [4.78, 5) is 4.38. The SMILES string of the molecule is CCOc1ccccc1NC1=NCCC1. The number of nitrogens with one attached hydrogen (secondary N) is 1. The first kappa shape index (κ1) is 10.0. The first-order valence-corrected chi connectivity index (χ1v) is 5.42. The molecule has 0 fully saturated rings. The van der Waals surface area contributed by atoms with Crippen molar-refractivity contribution in [1.82, 2.24) is 0 Å². The lowest BCUT2D eigenvalue weighted by Gasteiger charge is -2.11. The van der Waals surface area contributed by atoms with Crippen LogP contribution in [0.3, 0.4) is 0 Å². The van der Waals surface area contributed by atoms with Crippen LogP contribution >= 0.6 is 0 Å². The first-order valence-electron chi connectivity index (χ1n) is 5.42. The van der Waals surface area contributed by atoms with Gasteiger partial charge in [0.1, 0.15) is 11.6 Å². The van der Waals surface area contributed by atoms with Crippen LogP contribution in [0.2, 0.25) is 0 Å². The fourth-order valence-corrected chi connectivity index (χ4v) is 1.65. The van der Waals surface area contributed by atoms with Gasteiger partial charge in [0.25, 0.3) is 0 Å². The number of hydrogen-bond acceptors (Lipinski definition) is 3. The molecule has 0 aromatic heterocycles. The highest BCUT2D eigenvalue weighted by molar-refractivity contribution is 5.97. The lowest BCUT2D eigenvalue weighted by Crippen LogP contribution is -2.09. The largest absolute Gasteiger partial charge is 0.492 e. The van der Waals surface area contributed by atoms with Gasteiger partial charge in [-0.2, -0.15) is 0 Å². The van der Waals surface area contributed by atoms with E-state index in [0.29, 0.717) is 6.61 Å². The molecule has 0 atom stereocenters. The van der Waals surface area contributed by atoms with Gasteiger partial charge in [0, 0.05) is 13.0 Å². The van der Waals surface area contributed by atoms with Gasteiger partial charge in [0.2, 0.25) is 0 Å². The van der Waals surface area contributed by atoms with Crippen LogP contribution in [-0.2, 0) is 0 Å². The van der Waals surface area contributed by atoms with Gasteiger partial charge in [-0.1, -0.05) is 12.1 Å². The normalized spacial score (nSPS) is 14.9. The minimum atomic E-state index is 0.686. The van der Waals surface area contributed by atoms with Crippen LogP contribution in [0.5, 0.6) is 5.75 Å². The molecule has 3 nitrogen and oxygen atoms in total. The number of nitrogens with zero attached hydrogens (tertiary/aromatic N) is 1. The third-order valence-corrected chi connectivity index (χ3v) is 2.34. The summed E-state index contributed by atoms with van der Waals surface area (Å²) in [5, 5.41) is 3.32. The summed E-state index contributed by atoms with van der Waals surface area (Å²) in [6.07, 6.45) is 2.19. The quantitative estimate of drug-likeness (QED) is 0.821. The molecule has 1 N–H and O–H groups in total. The van der Waals surface area contributed by atoms with E-state index in [-0.39, 0.29) is 0 Å². The van der Waals surface area contributed by atoms with E-state index in [2.05, 4.69) is 10.3 Å². The second-order valence-electron chi connectivity index (χ2n) is 3.49. The maximum absolute atomic E-state index is 5.53. The summed E-state index contributed by atoms with van der Waals surface area (Å²) in [7, 11) is 0. The molecule has 0 saturated carbocycles. The first-order chi connectivity index (χ1) is 7.40. The minimum Gasteiger partial charge on any atom is -0.492 e. The Bertz CT molecular complexity index is 360. The summed E-state index contributed by atoms with van der Waals surface area (Å²) in [6, 6.07) is 7.97. The molecule has 0 saturated heterocycles. The molecular formula is C12H16N2O. The summed E-state index contributed by atoms with van der Waals surface area (Å²) >= 11 is 0. The van der Waals surface area contributed by atoms with Crippen LogP contribution in [0.1, 0.15) is 19.8 Å². The van der Waals surface area contributed by atoms with Crippen LogP contribution in [0.15, 0.2) is 29.3 Å². The maximum Gasteiger partial charge on any atom is 0.142 e. The number of aliphatic imine (C=N–C) groups is 1. The molecule has 3 heteroatoms. The lowest BCUT2D eigenvalue weighted by atomic mass is 10.2. The van der Waals surface area contributed by atoms with Crippen molar-refractivity contribution in [2.45, 2.75) is 19.8 Å². The molecule has 1 aliphatic rings. The van der Waals surface area contributed by atoms with Crippen LogP contribution in [0, 0.1) is 0 Å². The number of benzene rings is 1. The summed E-state index contributed by atoms with van der Waals surface area (Å²) in [5.41, 5.74) is 1.01. The van der Waals surface area contributed by atoms with Crippen LogP contribution in [0.4, 0.5) is 5.69 Å². The predicted octanol–water partition coefficient (Wildman–Crippen LogP) is 2.69. The van der Waals surface area contributed by atoms with Crippen LogP contribution in [0.25, 0.3) is 0 Å². The monoisotopic (exact) mass is 204 g/mol. The van der Waals surface area contributed by atoms with E-state index in [1.165, 1.54) is 0 Å². The van der Waals surface area contributed by atoms with Gasteiger partial charge in [-0.3, -0.25) is 4.99 Å². The fraction of sp³-hybridized carbons (Fsp3) is 0.417. The minimum absolute atomic E-state index is 0.686. The molecule has 1 aromatic carbocycles. The summed E-state index contributed by atoms with van der Waals surface area (Å²) in [6.45, 7) is 3.62. The van der Waals surface area contributed by atoms with Gasteiger partial charge in [-0.25, -0.2) is 0 Å². The zero-order chi connectivity index (χ0) is 10.5. The highest BCUT2D eigenvalue weighted by Gasteiger charge is 2.08. The second kappa shape index (κ2) is 4.82. The Morgan fingerprint density at radius 1 is 1.40 bits per heavy atom. The van der Waals surface area contributed by atoms with Gasteiger partial charge < -0.3 is 10.1 Å². The van der Waals surface area contributed by atoms with E-state index in [0.717, 1.165) is 36.7 Å². The molecule has 80 valence electrons. The Labute approximate surface area is 90.2 Å². The van der Waals surface area contributed by atoms with E-state index < -0.39 is 0 Å². The molecule has 2 rings (SSSR count). The standard InChI is InChI=1S/C12H16N2O/c1-2-15-11-7-4-3-6-10(11)14-12-8-5-9-13-12/h3-4,6-7H,2,5,8-9H2,1H3,(H,13,14). The van der Waals surface area contributed by atoms with Gasteiger partial charge in [0.15, 0.2) is 0 Å². The molecule has 0 spiro atoms. The summed E-state index contributed by atoms with van der Waals surface area (Å²) < 4.78 is 5.53. The molecule has 1 heterocycles. The van der Waals surface area contributed by atoms with Crippen molar-refractivity contribution in [2.75, 3.05) is 18.5 Å². The van der Waals surface area contributed by atoms with Gasteiger partial charge in [-0.15, -0.1) is 0 Å². The zero-order valence-corrected chi connectivity index (χ0v) is 8.99. The highest BCUT2D eigenvalue weighted by Crippen LogP contribution is 2.24. The Balaban J connectivity index is 2.12. The zero-order valence-electron chi connectivity index (χ0n) is 8.99. The van der Waals surface area contributed by atoms with Crippen molar-refractivity contribution in [2.24, 2.45) is 4.99 Å². The molecule has 15 heavy (non-hydrogen) atoms. The molecule has 1 aromatic rings. The van der Waals surface area contributed by atoms with E-state index in [1.54, 1.807) is 0 Å². The van der Waals surface area contributed by atoms with Gasteiger partial charge >= 0.3 is 0 Å². The number of para-hydroxylation sites is 2. The van der Waals surface area contributed by atoms with Crippen molar-refractivity contribution in [3.63, 3.8) is 0 Å². The Kier molecular flexibility index (Phi) is 3.22. The molecule has 0 amide bonds. The number of anilines is 1. The molecule has 1 aliphatic heterocycles. The van der Waals surface area contributed by atoms with Crippen molar-refractivity contribution in [1.29, 1.82) is 0 Å².